The van der Waals surface area contributed by atoms with Crippen molar-refractivity contribution in [2.24, 2.45) is 0 Å². The molecular weight excluding hydrogens is 382 g/mol. The highest BCUT2D eigenvalue weighted by atomic mass is 16.6. The van der Waals surface area contributed by atoms with Crippen molar-refractivity contribution in [3.05, 3.63) is 65.7 Å². The number of methoxy groups -OCH3 is 1. The SMILES string of the molecule is COC(=O)COc1ccccc1/C=C(/C#N)C(=O)N1CCN(c2ccccc2)CC1. The fourth-order valence-electron chi connectivity index (χ4n) is 3.20. The van der Waals surface area contributed by atoms with E-state index < -0.39 is 5.97 Å². The summed E-state index contributed by atoms with van der Waals surface area (Å²) < 4.78 is 10.0. The molecule has 0 saturated carbocycles. The molecule has 2 aromatic carbocycles. The zero-order chi connectivity index (χ0) is 21.3. The molecule has 0 aliphatic carbocycles. The molecule has 2 aromatic rings. The minimum Gasteiger partial charge on any atom is -0.481 e. The first-order valence-electron chi connectivity index (χ1n) is 9.62. The molecule has 3 rings (SSSR count). The Bertz CT molecular complexity index is 958. The van der Waals surface area contributed by atoms with Crippen LogP contribution in [0.5, 0.6) is 5.75 Å². The fourth-order valence-corrected chi connectivity index (χ4v) is 3.20. The third kappa shape index (κ3) is 5.17. The Labute approximate surface area is 175 Å². The molecule has 7 nitrogen and oxygen atoms in total. The Hall–Kier alpha value is -3.79. The number of amides is 1. The molecule has 1 fully saturated rings. The highest BCUT2D eigenvalue weighted by molar-refractivity contribution is 6.02. The van der Waals surface area contributed by atoms with Gasteiger partial charge in [0, 0.05) is 37.4 Å². The van der Waals surface area contributed by atoms with E-state index in [1.54, 1.807) is 29.2 Å². The van der Waals surface area contributed by atoms with Gasteiger partial charge in [-0.3, -0.25) is 4.79 Å². The normalized spacial score (nSPS) is 14.1. The maximum absolute atomic E-state index is 12.9. The van der Waals surface area contributed by atoms with Gasteiger partial charge in [0.2, 0.25) is 0 Å². The highest BCUT2D eigenvalue weighted by Crippen LogP contribution is 2.22. The van der Waals surface area contributed by atoms with Gasteiger partial charge in [-0.25, -0.2) is 4.79 Å². The number of piperazine rings is 1. The summed E-state index contributed by atoms with van der Waals surface area (Å²) in [6.45, 7) is 2.22. The van der Waals surface area contributed by atoms with E-state index >= 15 is 0 Å². The van der Waals surface area contributed by atoms with Crippen LogP contribution in [-0.2, 0) is 14.3 Å². The van der Waals surface area contributed by atoms with Crippen LogP contribution in [-0.4, -0.2) is 56.7 Å². The number of rotatable bonds is 6. The standard InChI is InChI=1S/C23H23N3O4/c1-29-22(27)17-30-21-10-6-5-7-18(21)15-19(16-24)23(28)26-13-11-25(12-14-26)20-8-3-2-4-9-20/h2-10,15H,11-14,17H2,1H3/b19-15-. The molecule has 154 valence electrons. The average Bonchev–Trinajstić information content (AvgIpc) is 2.81. The summed E-state index contributed by atoms with van der Waals surface area (Å²) in [6, 6.07) is 19.0. The molecule has 0 bridgehead atoms. The van der Waals surface area contributed by atoms with Crippen LogP contribution >= 0.6 is 0 Å². The number of benzene rings is 2. The van der Waals surface area contributed by atoms with E-state index in [1.807, 2.05) is 36.4 Å². The number of esters is 1. The molecule has 1 saturated heterocycles. The van der Waals surface area contributed by atoms with Crippen molar-refractivity contribution in [3.63, 3.8) is 0 Å². The molecule has 30 heavy (non-hydrogen) atoms. The Balaban J connectivity index is 1.69. The average molecular weight is 405 g/mol. The zero-order valence-electron chi connectivity index (χ0n) is 16.8. The van der Waals surface area contributed by atoms with E-state index in [-0.39, 0.29) is 18.1 Å². The summed E-state index contributed by atoms with van der Waals surface area (Å²) in [5.41, 5.74) is 1.70. The lowest BCUT2D eigenvalue weighted by Crippen LogP contribution is -2.49. The van der Waals surface area contributed by atoms with Crippen LogP contribution < -0.4 is 9.64 Å². The van der Waals surface area contributed by atoms with Crippen LogP contribution in [0.1, 0.15) is 5.56 Å². The maximum atomic E-state index is 12.9. The van der Waals surface area contributed by atoms with Crippen molar-refractivity contribution in [2.45, 2.75) is 0 Å². The molecule has 1 heterocycles. The number of para-hydroxylation sites is 2. The van der Waals surface area contributed by atoms with Crippen molar-refractivity contribution in [3.8, 4) is 11.8 Å². The molecule has 0 radical (unpaired) electrons. The third-order valence-electron chi connectivity index (χ3n) is 4.83. The summed E-state index contributed by atoms with van der Waals surface area (Å²) in [4.78, 5) is 28.1. The number of ether oxygens (including phenoxy) is 2. The minimum absolute atomic E-state index is 0.0253. The number of anilines is 1. The second kappa shape index (κ2) is 10.1. The number of nitriles is 1. The van der Waals surface area contributed by atoms with Gasteiger partial charge in [-0.1, -0.05) is 36.4 Å². The minimum atomic E-state index is -0.512. The number of nitrogens with zero attached hydrogens (tertiary/aromatic N) is 3. The molecule has 0 unspecified atom stereocenters. The van der Waals surface area contributed by atoms with Gasteiger partial charge >= 0.3 is 5.97 Å². The first-order valence-corrected chi connectivity index (χ1v) is 9.62. The molecule has 0 spiro atoms. The molecule has 1 aliphatic heterocycles. The zero-order valence-corrected chi connectivity index (χ0v) is 16.8. The van der Waals surface area contributed by atoms with E-state index in [9.17, 15) is 14.9 Å². The van der Waals surface area contributed by atoms with Gasteiger partial charge < -0.3 is 19.3 Å². The lowest BCUT2D eigenvalue weighted by atomic mass is 10.1. The van der Waals surface area contributed by atoms with Crippen molar-refractivity contribution in [2.75, 3.05) is 44.8 Å². The summed E-state index contributed by atoms with van der Waals surface area (Å²) in [5.74, 6) is -0.424. The number of carbonyl (C=O) groups is 2. The summed E-state index contributed by atoms with van der Waals surface area (Å²) in [6.07, 6.45) is 1.50. The Kier molecular flexibility index (Phi) is 7.06. The lowest BCUT2D eigenvalue weighted by molar-refractivity contribution is -0.142. The van der Waals surface area contributed by atoms with Gasteiger partial charge in [0.15, 0.2) is 6.61 Å². The first-order chi connectivity index (χ1) is 14.6. The molecule has 0 N–H and O–H groups in total. The fraction of sp³-hybridized carbons (Fsp3) is 0.261. The van der Waals surface area contributed by atoms with Gasteiger partial charge in [-0.15, -0.1) is 0 Å². The molecule has 0 aromatic heterocycles. The second-order valence-electron chi connectivity index (χ2n) is 6.69. The van der Waals surface area contributed by atoms with Crippen LogP contribution in [0.2, 0.25) is 0 Å². The third-order valence-corrected chi connectivity index (χ3v) is 4.83. The molecule has 7 heteroatoms. The molecule has 1 aliphatic rings. The van der Waals surface area contributed by atoms with E-state index in [0.29, 0.717) is 37.5 Å². The number of hydrogen-bond acceptors (Lipinski definition) is 6. The van der Waals surface area contributed by atoms with Gasteiger partial charge in [-0.05, 0) is 24.3 Å². The van der Waals surface area contributed by atoms with Crippen LogP contribution in [0.25, 0.3) is 6.08 Å². The summed E-state index contributed by atoms with van der Waals surface area (Å²) >= 11 is 0. The largest absolute Gasteiger partial charge is 0.481 e. The van der Waals surface area contributed by atoms with Crippen LogP contribution in [0.4, 0.5) is 5.69 Å². The van der Waals surface area contributed by atoms with Gasteiger partial charge in [0.05, 0.1) is 7.11 Å². The van der Waals surface area contributed by atoms with E-state index in [4.69, 9.17) is 4.74 Å². The summed E-state index contributed by atoms with van der Waals surface area (Å²) in [7, 11) is 1.28. The number of hydrogen-bond donors (Lipinski definition) is 0. The van der Waals surface area contributed by atoms with E-state index in [1.165, 1.54) is 13.2 Å². The van der Waals surface area contributed by atoms with Gasteiger partial charge in [-0.2, -0.15) is 5.26 Å². The van der Waals surface area contributed by atoms with Crippen LogP contribution in [0, 0.1) is 11.3 Å². The Morgan fingerprint density at radius 1 is 1.03 bits per heavy atom. The predicted octanol–water partition coefficient (Wildman–Crippen LogP) is 2.49. The Morgan fingerprint density at radius 2 is 1.70 bits per heavy atom. The first kappa shape index (κ1) is 20.9. The monoisotopic (exact) mass is 405 g/mol. The van der Waals surface area contributed by atoms with Crippen LogP contribution in [0.3, 0.4) is 0 Å². The molecule has 0 atom stereocenters. The van der Waals surface area contributed by atoms with E-state index in [0.717, 1.165) is 5.69 Å². The lowest BCUT2D eigenvalue weighted by Gasteiger charge is -2.36. The quantitative estimate of drug-likeness (QED) is 0.417. The smallest absolute Gasteiger partial charge is 0.343 e. The Morgan fingerprint density at radius 3 is 2.37 bits per heavy atom. The van der Waals surface area contributed by atoms with Gasteiger partial charge in [0.25, 0.3) is 5.91 Å². The van der Waals surface area contributed by atoms with Crippen molar-refractivity contribution >= 4 is 23.6 Å². The predicted molar refractivity (Wildman–Crippen MR) is 113 cm³/mol. The number of carbonyl (C=O) groups excluding carboxylic acids is 2. The molecular formula is C23H23N3O4. The summed E-state index contributed by atoms with van der Waals surface area (Å²) in [5, 5.41) is 9.57. The topological polar surface area (TPSA) is 82.9 Å². The van der Waals surface area contributed by atoms with Crippen molar-refractivity contribution < 1.29 is 19.1 Å². The van der Waals surface area contributed by atoms with Crippen LogP contribution in [0.15, 0.2) is 60.2 Å². The van der Waals surface area contributed by atoms with Crippen molar-refractivity contribution in [1.82, 2.24) is 4.90 Å². The highest BCUT2D eigenvalue weighted by Gasteiger charge is 2.24. The molecule has 1 amide bonds. The van der Waals surface area contributed by atoms with E-state index in [2.05, 4.69) is 9.64 Å². The van der Waals surface area contributed by atoms with Crippen molar-refractivity contribution in [1.29, 1.82) is 5.26 Å². The van der Waals surface area contributed by atoms with Gasteiger partial charge in [0.1, 0.15) is 17.4 Å². The second-order valence-corrected chi connectivity index (χ2v) is 6.69. The maximum Gasteiger partial charge on any atom is 0.343 e.